The average Bonchev–Trinajstić information content (AvgIpc) is 3.25. The summed E-state index contributed by atoms with van der Waals surface area (Å²) in [6, 6.07) is 14.3. The second kappa shape index (κ2) is 7.68. The number of halogens is 2. The maximum absolute atomic E-state index is 6.81. The first-order valence-electron chi connectivity index (χ1n) is 9.89. The second-order valence-corrected chi connectivity index (χ2v) is 9.73. The van der Waals surface area contributed by atoms with E-state index in [1.165, 1.54) is 16.0 Å². The van der Waals surface area contributed by atoms with E-state index in [2.05, 4.69) is 41.1 Å². The fourth-order valence-electron chi connectivity index (χ4n) is 4.61. The smallest absolute Gasteiger partial charge is 0.109 e. The Labute approximate surface area is 185 Å². The normalized spacial score (nSPS) is 20.9. The van der Waals surface area contributed by atoms with Crippen LogP contribution in [-0.2, 0) is 16.9 Å². The summed E-state index contributed by atoms with van der Waals surface area (Å²) in [6.07, 6.45) is 1.83. The third-order valence-corrected chi connectivity index (χ3v) is 7.50. The molecule has 0 aliphatic carbocycles. The summed E-state index contributed by atoms with van der Waals surface area (Å²) in [5, 5.41) is 1.29. The Morgan fingerprint density at radius 3 is 2.55 bits per heavy atom. The van der Waals surface area contributed by atoms with Crippen LogP contribution in [0.3, 0.4) is 0 Å². The highest BCUT2D eigenvalue weighted by Gasteiger charge is 2.47. The highest BCUT2D eigenvalue weighted by Crippen LogP contribution is 2.51. The number of benzene rings is 2. The number of aromatic nitrogens is 1. The van der Waals surface area contributed by atoms with Crippen LogP contribution in [0.4, 0.5) is 0 Å². The van der Waals surface area contributed by atoms with Crippen molar-refractivity contribution in [3.05, 3.63) is 85.3 Å². The number of aryl methyl sites for hydroxylation is 1. The average molecular weight is 445 g/mol. The fourth-order valence-corrected chi connectivity index (χ4v) is 5.97. The van der Waals surface area contributed by atoms with E-state index in [0.29, 0.717) is 10.0 Å². The third-order valence-electron chi connectivity index (χ3n) is 6.14. The molecule has 2 aliphatic rings. The molecule has 29 heavy (non-hydrogen) atoms. The number of hydrogen-bond donors (Lipinski definition) is 0. The van der Waals surface area contributed by atoms with Crippen molar-refractivity contribution >= 4 is 34.5 Å². The zero-order valence-corrected chi connectivity index (χ0v) is 18.5. The molecule has 1 saturated heterocycles. The number of likely N-dealkylation sites (tertiary alicyclic amines) is 1. The van der Waals surface area contributed by atoms with E-state index in [4.69, 9.17) is 27.9 Å². The molecule has 3 nitrogen and oxygen atoms in total. The van der Waals surface area contributed by atoms with Crippen molar-refractivity contribution in [1.29, 1.82) is 0 Å². The quantitative estimate of drug-likeness (QED) is 0.469. The molecule has 0 amide bonds. The van der Waals surface area contributed by atoms with Gasteiger partial charge in [-0.15, -0.1) is 11.3 Å². The van der Waals surface area contributed by atoms with Crippen LogP contribution in [0.25, 0.3) is 0 Å². The molecule has 1 atom stereocenters. The van der Waals surface area contributed by atoms with Gasteiger partial charge in [-0.2, -0.15) is 0 Å². The van der Waals surface area contributed by atoms with E-state index in [1.54, 1.807) is 17.4 Å². The lowest BCUT2D eigenvalue weighted by Crippen LogP contribution is -2.42. The van der Waals surface area contributed by atoms with Crippen molar-refractivity contribution < 1.29 is 4.74 Å². The molecule has 3 heterocycles. The molecule has 6 heteroatoms. The Balaban J connectivity index is 1.41. The van der Waals surface area contributed by atoms with Gasteiger partial charge in [-0.05, 0) is 54.7 Å². The van der Waals surface area contributed by atoms with Crippen LogP contribution in [0.5, 0.6) is 0 Å². The first kappa shape index (κ1) is 19.5. The summed E-state index contributed by atoms with van der Waals surface area (Å²) >= 11 is 14.3. The molecule has 150 valence electrons. The SMILES string of the molecule is Cc1ncsc1CN1CCC2(CC1)OC(c1cc(Cl)cc(Cl)c1)c1ccccc12. The number of hydrogen-bond acceptors (Lipinski definition) is 4. The van der Waals surface area contributed by atoms with E-state index in [9.17, 15) is 0 Å². The number of rotatable bonds is 3. The lowest BCUT2D eigenvalue weighted by atomic mass is 9.83. The van der Waals surface area contributed by atoms with Crippen LogP contribution < -0.4 is 0 Å². The minimum absolute atomic E-state index is 0.127. The van der Waals surface area contributed by atoms with E-state index in [0.717, 1.165) is 43.7 Å². The van der Waals surface area contributed by atoms with Crippen molar-refractivity contribution in [3.63, 3.8) is 0 Å². The summed E-state index contributed by atoms with van der Waals surface area (Å²) < 4.78 is 6.81. The molecule has 1 aromatic heterocycles. The summed E-state index contributed by atoms with van der Waals surface area (Å²) in [6.45, 7) is 5.08. The highest BCUT2D eigenvalue weighted by molar-refractivity contribution is 7.09. The van der Waals surface area contributed by atoms with Gasteiger partial charge in [0.15, 0.2) is 0 Å². The first-order chi connectivity index (χ1) is 14.0. The van der Waals surface area contributed by atoms with Crippen LogP contribution in [0.1, 0.15) is 46.2 Å². The largest absolute Gasteiger partial charge is 0.358 e. The molecule has 1 unspecified atom stereocenters. The molecule has 1 spiro atoms. The predicted octanol–water partition coefficient (Wildman–Crippen LogP) is 6.37. The lowest BCUT2D eigenvalue weighted by molar-refractivity contribution is -0.0977. The van der Waals surface area contributed by atoms with Gasteiger partial charge in [0.05, 0.1) is 16.8 Å². The Bertz CT molecular complexity index is 1020. The Morgan fingerprint density at radius 2 is 1.86 bits per heavy atom. The minimum Gasteiger partial charge on any atom is -0.358 e. The molecule has 3 aromatic rings. The molecular weight excluding hydrogens is 423 g/mol. The number of ether oxygens (including phenoxy) is 1. The third kappa shape index (κ3) is 3.62. The summed E-state index contributed by atoms with van der Waals surface area (Å²) in [5.74, 6) is 0. The Morgan fingerprint density at radius 1 is 1.14 bits per heavy atom. The van der Waals surface area contributed by atoms with Crippen molar-refractivity contribution in [2.45, 2.75) is 38.0 Å². The van der Waals surface area contributed by atoms with Crippen LogP contribution in [-0.4, -0.2) is 23.0 Å². The van der Waals surface area contributed by atoms with Crippen molar-refractivity contribution in [2.75, 3.05) is 13.1 Å². The summed E-state index contributed by atoms with van der Waals surface area (Å²) in [7, 11) is 0. The molecule has 5 rings (SSSR count). The molecule has 2 aliphatic heterocycles. The first-order valence-corrected chi connectivity index (χ1v) is 11.5. The molecular formula is C23H22Cl2N2OS. The van der Waals surface area contributed by atoms with Gasteiger partial charge in [0.25, 0.3) is 0 Å². The summed E-state index contributed by atoms with van der Waals surface area (Å²) in [5.41, 5.74) is 6.42. The van der Waals surface area contributed by atoms with Gasteiger partial charge in [0, 0.05) is 34.6 Å². The van der Waals surface area contributed by atoms with Gasteiger partial charge in [0.2, 0.25) is 0 Å². The Kier molecular flexibility index (Phi) is 5.17. The van der Waals surface area contributed by atoms with Crippen LogP contribution in [0.2, 0.25) is 10.0 Å². The van der Waals surface area contributed by atoms with E-state index >= 15 is 0 Å². The second-order valence-electron chi connectivity index (χ2n) is 7.92. The molecule has 0 radical (unpaired) electrons. The van der Waals surface area contributed by atoms with E-state index < -0.39 is 0 Å². The number of thiazole rings is 1. The zero-order chi connectivity index (χ0) is 20.0. The van der Waals surface area contributed by atoms with Crippen molar-refractivity contribution in [2.24, 2.45) is 0 Å². The van der Waals surface area contributed by atoms with Gasteiger partial charge in [-0.3, -0.25) is 4.90 Å². The topological polar surface area (TPSA) is 25.4 Å². The molecule has 1 fully saturated rings. The minimum atomic E-state index is -0.241. The molecule has 0 bridgehead atoms. The summed E-state index contributed by atoms with van der Waals surface area (Å²) in [4.78, 5) is 8.26. The van der Waals surface area contributed by atoms with E-state index in [-0.39, 0.29) is 11.7 Å². The van der Waals surface area contributed by atoms with Crippen molar-refractivity contribution in [1.82, 2.24) is 9.88 Å². The molecule has 0 saturated carbocycles. The van der Waals surface area contributed by atoms with Gasteiger partial charge in [0.1, 0.15) is 6.10 Å². The monoisotopic (exact) mass is 444 g/mol. The lowest BCUT2D eigenvalue weighted by Gasteiger charge is -2.39. The Hall–Kier alpha value is -1.43. The number of nitrogens with zero attached hydrogens (tertiary/aromatic N) is 2. The van der Waals surface area contributed by atoms with Crippen LogP contribution >= 0.6 is 34.5 Å². The van der Waals surface area contributed by atoms with Crippen LogP contribution in [0, 0.1) is 6.92 Å². The van der Waals surface area contributed by atoms with Gasteiger partial charge in [-0.25, -0.2) is 4.98 Å². The van der Waals surface area contributed by atoms with Crippen molar-refractivity contribution in [3.8, 4) is 0 Å². The predicted molar refractivity (Wildman–Crippen MR) is 119 cm³/mol. The maximum Gasteiger partial charge on any atom is 0.109 e. The number of piperidine rings is 1. The maximum atomic E-state index is 6.81. The van der Waals surface area contributed by atoms with E-state index in [1.807, 2.05) is 17.6 Å². The van der Waals surface area contributed by atoms with Gasteiger partial charge >= 0.3 is 0 Å². The fraction of sp³-hybridized carbons (Fsp3) is 0.348. The molecule has 0 N–H and O–H groups in total. The van der Waals surface area contributed by atoms with Gasteiger partial charge < -0.3 is 4.74 Å². The van der Waals surface area contributed by atoms with Crippen LogP contribution in [0.15, 0.2) is 48.0 Å². The zero-order valence-electron chi connectivity index (χ0n) is 16.2. The standard InChI is InChI=1S/C23H22Cl2N2OS/c1-15-21(29-14-26-15)13-27-8-6-23(7-9-27)20-5-3-2-4-19(20)22(28-23)16-10-17(24)12-18(25)11-16/h2-5,10-12,14,22H,6-9,13H2,1H3. The molecule has 2 aromatic carbocycles. The van der Waals surface area contributed by atoms with Gasteiger partial charge in [-0.1, -0.05) is 47.5 Å². The highest BCUT2D eigenvalue weighted by atomic mass is 35.5. The number of fused-ring (bicyclic) bond motifs is 2.